The minimum Gasteiger partial charge on any atom is -0.342 e. The van der Waals surface area contributed by atoms with Gasteiger partial charge >= 0.3 is 0 Å². The fourth-order valence-electron chi connectivity index (χ4n) is 2.39. The molecule has 3 atom stereocenters. The van der Waals surface area contributed by atoms with Crippen molar-refractivity contribution in [3.05, 3.63) is 29.3 Å². The zero-order valence-electron chi connectivity index (χ0n) is 11.9. The van der Waals surface area contributed by atoms with Crippen LogP contribution in [0.25, 0.3) is 0 Å². The van der Waals surface area contributed by atoms with Crippen molar-refractivity contribution in [3.63, 3.8) is 0 Å². The minimum absolute atomic E-state index is 0.0870. The summed E-state index contributed by atoms with van der Waals surface area (Å²) >= 11 is 6.17. The van der Waals surface area contributed by atoms with Gasteiger partial charge in [0.05, 0.1) is 10.7 Å². The molecule has 0 saturated carbocycles. The van der Waals surface area contributed by atoms with Crippen molar-refractivity contribution in [1.82, 2.24) is 5.32 Å². The van der Waals surface area contributed by atoms with Crippen molar-refractivity contribution in [2.24, 2.45) is 5.92 Å². The Morgan fingerprint density at radius 1 is 1.35 bits per heavy atom. The molecule has 0 bridgehead atoms. The Morgan fingerprint density at radius 3 is 2.60 bits per heavy atom. The highest BCUT2D eigenvalue weighted by Gasteiger charge is 2.41. The number of hydrogen-bond acceptors (Lipinski definition) is 2. The second kappa shape index (κ2) is 5.83. The Bertz CT molecular complexity index is 532. The van der Waals surface area contributed by atoms with Gasteiger partial charge in [0, 0.05) is 0 Å². The van der Waals surface area contributed by atoms with Crippen LogP contribution in [0, 0.1) is 5.92 Å². The van der Waals surface area contributed by atoms with Gasteiger partial charge in [-0.15, -0.1) is 0 Å². The van der Waals surface area contributed by atoms with Crippen molar-refractivity contribution in [3.8, 4) is 0 Å². The van der Waals surface area contributed by atoms with E-state index in [-0.39, 0.29) is 17.7 Å². The number of hydrogen-bond donors (Lipinski definition) is 1. The lowest BCUT2D eigenvalue weighted by atomic mass is 9.94. The summed E-state index contributed by atoms with van der Waals surface area (Å²) in [6.07, 6.45) is 0.821. The van der Waals surface area contributed by atoms with Gasteiger partial charge in [0.2, 0.25) is 5.91 Å². The summed E-state index contributed by atoms with van der Waals surface area (Å²) in [7, 11) is 0. The lowest BCUT2D eigenvalue weighted by Gasteiger charge is -2.39. The molecule has 2 rings (SSSR count). The van der Waals surface area contributed by atoms with E-state index in [1.165, 1.54) is 4.90 Å². The molecule has 0 spiro atoms. The molecule has 1 aromatic carbocycles. The summed E-state index contributed by atoms with van der Waals surface area (Å²) in [4.78, 5) is 26.3. The van der Waals surface area contributed by atoms with Gasteiger partial charge in [-0.1, -0.05) is 44.0 Å². The minimum atomic E-state index is -0.553. The van der Waals surface area contributed by atoms with E-state index >= 15 is 0 Å². The van der Waals surface area contributed by atoms with Crippen LogP contribution in [0.3, 0.4) is 0 Å². The third-order valence-corrected chi connectivity index (χ3v) is 4.21. The summed E-state index contributed by atoms with van der Waals surface area (Å²) < 4.78 is 0. The number of para-hydroxylation sites is 1. The quantitative estimate of drug-likeness (QED) is 0.931. The average molecular weight is 295 g/mol. The number of amides is 2. The average Bonchev–Trinajstić information content (AvgIpc) is 2.44. The fraction of sp³-hybridized carbons (Fsp3) is 0.467. The number of piperazine rings is 1. The van der Waals surface area contributed by atoms with Crippen LogP contribution in [-0.4, -0.2) is 23.9 Å². The number of nitrogens with zero attached hydrogens (tertiary/aromatic N) is 1. The summed E-state index contributed by atoms with van der Waals surface area (Å²) in [6.45, 7) is 5.68. The molecule has 2 amide bonds. The van der Waals surface area contributed by atoms with Gasteiger partial charge in [-0.2, -0.15) is 0 Å². The third-order valence-electron chi connectivity index (χ3n) is 3.89. The lowest BCUT2D eigenvalue weighted by molar-refractivity contribution is -0.134. The molecule has 1 fully saturated rings. The van der Waals surface area contributed by atoms with Crippen molar-refractivity contribution in [1.29, 1.82) is 0 Å². The molecule has 1 heterocycles. The summed E-state index contributed by atoms with van der Waals surface area (Å²) in [5.41, 5.74) is 0.592. The molecule has 1 saturated heterocycles. The van der Waals surface area contributed by atoms with Gasteiger partial charge in [-0.05, 0) is 25.0 Å². The van der Waals surface area contributed by atoms with Crippen LogP contribution >= 0.6 is 11.6 Å². The molecule has 20 heavy (non-hydrogen) atoms. The van der Waals surface area contributed by atoms with Gasteiger partial charge < -0.3 is 5.32 Å². The summed E-state index contributed by atoms with van der Waals surface area (Å²) in [5.74, 6) is -0.154. The SMILES string of the molecule is CCC(C)C1NC(=O)C(C)N(c2ccccc2Cl)C1=O. The van der Waals surface area contributed by atoms with Crippen LogP contribution in [-0.2, 0) is 9.59 Å². The number of benzene rings is 1. The maximum Gasteiger partial charge on any atom is 0.250 e. The second-order valence-corrected chi connectivity index (χ2v) is 5.61. The first-order valence-corrected chi connectivity index (χ1v) is 7.23. The topological polar surface area (TPSA) is 49.4 Å². The predicted octanol–water partition coefficient (Wildman–Crippen LogP) is 2.61. The summed E-state index contributed by atoms with van der Waals surface area (Å²) in [6, 6.07) is 6.07. The van der Waals surface area contributed by atoms with Crippen molar-refractivity contribution in [2.75, 3.05) is 4.90 Å². The van der Waals surface area contributed by atoms with E-state index in [2.05, 4.69) is 5.32 Å². The first-order chi connectivity index (χ1) is 9.47. The van der Waals surface area contributed by atoms with Gasteiger partial charge in [0.1, 0.15) is 12.1 Å². The molecule has 5 heteroatoms. The first kappa shape index (κ1) is 14.9. The number of carbonyl (C=O) groups excluding carboxylic acids is 2. The molecule has 0 radical (unpaired) electrons. The van der Waals surface area contributed by atoms with Crippen molar-refractivity contribution >= 4 is 29.1 Å². The molecule has 0 aromatic heterocycles. The highest BCUT2D eigenvalue weighted by molar-refractivity contribution is 6.34. The summed E-state index contributed by atoms with van der Waals surface area (Å²) in [5, 5.41) is 3.29. The largest absolute Gasteiger partial charge is 0.342 e. The smallest absolute Gasteiger partial charge is 0.250 e. The zero-order valence-corrected chi connectivity index (χ0v) is 12.6. The van der Waals surface area contributed by atoms with E-state index in [4.69, 9.17) is 11.6 Å². The Morgan fingerprint density at radius 2 is 2.00 bits per heavy atom. The number of nitrogens with one attached hydrogen (secondary N) is 1. The molecule has 1 aliphatic rings. The van der Waals surface area contributed by atoms with Crippen LogP contribution in [0.15, 0.2) is 24.3 Å². The van der Waals surface area contributed by atoms with E-state index in [0.29, 0.717) is 10.7 Å². The maximum absolute atomic E-state index is 12.7. The molecule has 4 nitrogen and oxygen atoms in total. The molecule has 0 aliphatic carbocycles. The number of halogens is 1. The van der Waals surface area contributed by atoms with Crippen LogP contribution in [0.2, 0.25) is 5.02 Å². The van der Waals surface area contributed by atoms with E-state index in [9.17, 15) is 9.59 Å². The van der Waals surface area contributed by atoms with Crippen molar-refractivity contribution in [2.45, 2.75) is 39.3 Å². The highest BCUT2D eigenvalue weighted by atomic mass is 35.5. The van der Waals surface area contributed by atoms with E-state index in [0.717, 1.165) is 6.42 Å². The van der Waals surface area contributed by atoms with E-state index in [1.807, 2.05) is 19.9 Å². The molecule has 1 aliphatic heterocycles. The monoisotopic (exact) mass is 294 g/mol. The highest BCUT2D eigenvalue weighted by Crippen LogP contribution is 2.30. The maximum atomic E-state index is 12.7. The van der Waals surface area contributed by atoms with Gasteiger partial charge in [0.25, 0.3) is 5.91 Å². The third kappa shape index (κ3) is 2.52. The molecular weight excluding hydrogens is 276 g/mol. The van der Waals surface area contributed by atoms with Crippen LogP contribution in [0.4, 0.5) is 5.69 Å². The molecule has 3 unspecified atom stereocenters. The van der Waals surface area contributed by atoms with E-state index < -0.39 is 12.1 Å². The lowest BCUT2D eigenvalue weighted by Crippen LogP contribution is -2.64. The van der Waals surface area contributed by atoms with Gasteiger partial charge in [0.15, 0.2) is 0 Å². The van der Waals surface area contributed by atoms with Crippen molar-refractivity contribution < 1.29 is 9.59 Å². The number of carbonyl (C=O) groups is 2. The van der Waals surface area contributed by atoms with Crippen LogP contribution in [0.5, 0.6) is 0 Å². The van der Waals surface area contributed by atoms with Crippen LogP contribution < -0.4 is 10.2 Å². The Labute approximate surface area is 124 Å². The number of rotatable bonds is 3. The van der Waals surface area contributed by atoms with Gasteiger partial charge in [-0.3, -0.25) is 14.5 Å². The Kier molecular flexibility index (Phi) is 4.33. The molecule has 108 valence electrons. The molecular formula is C15H19ClN2O2. The predicted molar refractivity (Wildman–Crippen MR) is 79.8 cm³/mol. The Hall–Kier alpha value is -1.55. The van der Waals surface area contributed by atoms with E-state index in [1.54, 1.807) is 25.1 Å². The van der Waals surface area contributed by atoms with Crippen LogP contribution in [0.1, 0.15) is 27.2 Å². The standard InChI is InChI=1S/C15H19ClN2O2/c1-4-9(2)13-15(20)18(10(3)14(19)17-13)12-8-6-5-7-11(12)16/h5-10,13H,4H2,1-3H3,(H,17,19). The fourth-order valence-corrected chi connectivity index (χ4v) is 2.62. The number of anilines is 1. The zero-order chi connectivity index (χ0) is 14.9. The Balaban J connectivity index is 2.41. The molecule has 1 aromatic rings. The second-order valence-electron chi connectivity index (χ2n) is 5.21. The first-order valence-electron chi connectivity index (χ1n) is 6.85. The van der Waals surface area contributed by atoms with Gasteiger partial charge in [-0.25, -0.2) is 0 Å². The normalized spacial score (nSPS) is 24.5. The molecule has 1 N–H and O–H groups in total.